The van der Waals surface area contributed by atoms with Crippen LogP contribution in [0.1, 0.15) is 5.56 Å². The molecule has 0 radical (unpaired) electrons. The van der Waals surface area contributed by atoms with Crippen molar-refractivity contribution in [2.45, 2.75) is 11.9 Å². The van der Waals surface area contributed by atoms with Crippen molar-refractivity contribution in [1.82, 2.24) is 4.98 Å². The second kappa shape index (κ2) is 3.77. The number of hydrogen-bond donors (Lipinski definition) is 0. The molecule has 0 bridgehead atoms. The van der Waals surface area contributed by atoms with Crippen molar-refractivity contribution in [3.63, 3.8) is 0 Å². The van der Waals surface area contributed by atoms with Crippen molar-refractivity contribution in [2.75, 3.05) is 0 Å². The first-order valence-corrected chi connectivity index (χ1v) is 5.41. The topological polar surface area (TPSA) is 90.2 Å². The summed E-state index contributed by atoms with van der Waals surface area (Å²) in [6.45, 7) is 4.59. The molecule has 0 saturated carbocycles. The minimum Gasteiger partial charge on any atom is -0.258 e. The zero-order chi connectivity index (χ0) is 11.6. The van der Waals surface area contributed by atoms with E-state index in [-0.39, 0.29) is 16.3 Å². The normalized spacial score (nSPS) is 11.0. The molecule has 15 heavy (non-hydrogen) atoms. The maximum atomic E-state index is 11.4. The molecular formula is C8H8N2O4S. The van der Waals surface area contributed by atoms with Crippen LogP contribution in [0.25, 0.3) is 0 Å². The average molecular weight is 228 g/mol. The first-order chi connectivity index (χ1) is 6.88. The highest BCUT2D eigenvalue weighted by atomic mass is 32.2. The van der Waals surface area contributed by atoms with Crippen LogP contribution in [-0.4, -0.2) is 18.3 Å². The Morgan fingerprint density at radius 1 is 1.60 bits per heavy atom. The van der Waals surface area contributed by atoms with E-state index in [1.165, 1.54) is 6.92 Å². The van der Waals surface area contributed by atoms with Crippen LogP contribution in [0, 0.1) is 17.0 Å². The van der Waals surface area contributed by atoms with Gasteiger partial charge >= 0.3 is 0 Å². The fraction of sp³-hybridized carbons (Fsp3) is 0.125. The molecule has 0 aliphatic carbocycles. The minimum absolute atomic E-state index is 0.205. The Balaban J connectivity index is 3.38. The summed E-state index contributed by atoms with van der Waals surface area (Å²) in [6, 6.07) is 1.16. The molecule has 0 N–H and O–H groups in total. The van der Waals surface area contributed by atoms with Gasteiger partial charge in [-0.2, -0.15) is 0 Å². The number of sulfone groups is 1. The van der Waals surface area contributed by atoms with E-state index in [9.17, 15) is 18.5 Å². The summed E-state index contributed by atoms with van der Waals surface area (Å²) >= 11 is 0. The Morgan fingerprint density at radius 2 is 2.20 bits per heavy atom. The molecule has 0 atom stereocenters. The van der Waals surface area contributed by atoms with Crippen LogP contribution in [0.15, 0.2) is 29.3 Å². The maximum absolute atomic E-state index is 11.4. The number of hydrogen-bond acceptors (Lipinski definition) is 5. The predicted molar refractivity (Wildman–Crippen MR) is 53.0 cm³/mol. The fourth-order valence-electron chi connectivity index (χ4n) is 1.02. The van der Waals surface area contributed by atoms with Gasteiger partial charge in [-0.15, -0.1) is 0 Å². The van der Waals surface area contributed by atoms with Crippen LogP contribution < -0.4 is 0 Å². The largest absolute Gasteiger partial charge is 0.287 e. The van der Waals surface area contributed by atoms with Gasteiger partial charge in [-0.05, 0) is 12.5 Å². The van der Waals surface area contributed by atoms with Crippen molar-refractivity contribution in [3.8, 4) is 0 Å². The zero-order valence-electron chi connectivity index (χ0n) is 7.87. The molecule has 80 valence electrons. The molecule has 0 unspecified atom stereocenters. The second-order valence-electron chi connectivity index (χ2n) is 2.78. The minimum atomic E-state index is -3.64. The third-order valence-electron chi connectivity index (χ3n) is 1.72. The summed E-state index contributed by atoms with van der Waals surface area (Å²) in [5, 5.41) is 10.9. The Bertz CT molecular complexity index is 521. The van der Waals surface area contributed by atoms with E-state index in [2.05, 4.69) is 11.6 Å². The molecule has 1 heterocycles. The van der Waals surface area contributed by atoms with Gasteiger partial charge in [0.05, 0.1) is 4.92 Å². The molecule has 0 spiro atoms. The Morgan fingerprint density at radius 3 is 2.60 bits per heavy atom. The molecule has 0 aromatic carbocycles. The van der Waals surface area contributed by atoms with Gasteiger partial charge in [0.25, 0.3) is 5.69 Å². The van der Waals surface area contributed by atoms with Crippen LogP contribution in [0.5, 0.6) is 0 Å². The number of aryl methyl sites for hydroxylation is 1. The van der Waals surface area contributed by atoms with Gasteiger partial charge in [0.15, 0.2) is 5.03 Å². The molecule has 0 fully saturated rings. The maximum Gasteiger partial charge on any atom is 0.287 e. The molecule has 0 aliphatic heterocycles. The summed E-state index contributed by atoms with van der Waals surface area (Å²) in [5.74, 6) is 0. The SMILES string of the molecule is C=CS(=O)(=O)c1ncc([N+](=O)[O-])cc1C. The summed E-state index contributed by atoms with van der Waals surface area (Å²) in [4.78, 5) is 13.3. The third kappa shape index (κ3) is 2.18. The summed E-state index contributed by atoms with van der Waals surface area (Å²) in [5.41, 5.74) is -0.0142. The molecule has 1 aromatic heterocycles. The lowest BCUT2D eigenvalue weighted by Gasteiger charge is -2.01. The Labute approximate surface area is 86.3 Å². The van der Waals surface area contributed by atoms with Crippen molar-refractivity contribution in [3.05, 3.63) is 39.9 Å². The van der Waals surface area contributed by atoms with Crippen LogP contribution >= 0.6 is 0 Å². The fourth-order valence-corrected chi connectivity index (χ4v) is 1.89. The van der Waals surface area contributed by atoms with Gasteiger partial charge in [-0.3, -0.25) is 10.1 Å². The van der Waals surface area contributed by atoms with Crippen molar-refractivity contribution in [2.24, 2.45) is 0 Å². The molecule has 6 nitrogen and oxygen atoms in total. The van der Waals surface area contributed by atoms with Crippen LogP contribution in [-0.2, 0) is 9.84 Å². The van der Waals surface area contributed by atoms with E-state index in [0.29, 0.717) is 0 Å². The highest BCUT2D eigenvalue weighted by Gasteiger charge is 2.17. The first-order valence-electron chi connectivity index (χ1n) is 3.87. The van der Waals surface area contributed by atoms with E-state index >= 15 is 0 Å². The quantitative estimate of drug-likeness (QED) is 0.573. The van der Waals surface area contributed by atoms with Gasteiger partial charge in [0.2, 0.25) is 9.84 Å². The van der Waals surface area contributed by atoms with E-state index in [4.69, 9.17) is 0 Å². The number of nitro groups is 1. The van der Waals surface area contributed by atoms with Gasteiger partial charge in [0, 0.05) is 11.5 Å². The predicted octanol–water partition coefficient (Wildman–Crippen LogP) is 1.22. The number of aromatic nitrogens is 1. The summed E-state index contributed by atoms with van der Waals surface area (Å²) in [7, 11) is -3.64. The van der Waals surface area contributed by atoms with Crippen molar-refractivity contribution < 1.29 is 13.3 Å². The molecule has 0 amide bonds. The lowest BCUT2D eigenvalue weighted by molar-refractivity contribution is -0.385. The molecule has 0 saturated heterocycles. The van der Waals surface area contributed by atoms with Gasteiger partial charge in [-0.25, -0.2) is 13.4 Å². The molecule has 1 aromatic rings. The van der Waals surface area contributed by atoms with Crippen LogP contribution in [0.4, 0.5) is 5.69 Å². The zero-order valence-corrected chi connectivity index (χ0v) is 8.69. The van der Waals surface area contributed by atoms with E-state index in [1.807, 2.05) is 0 Å². The lowest BCUT2D eigenvalue weighted by atomic mass is 10.3. The van der Waals surface area contributed by atoms with E-state index in [1.54, 1.807) is 0 Å². The Kier molecular flexibility index (Phi) is 2.85. The first kappa shape index (κ1) is 11.3. The lowest BCUT2D eigenvalue weighted by Crippen LogP contribution is -2.03. The molecular weight excluding hydrogens is 220 g/mol. The molecule has 0 aliphatic rings. The standard InChI is InChI=1S/C8H8N2O4S/c1-3-15(13,14)8-6(2)4-7(5-9-8)10(11)12/h3-5H,1H2,2H3. The van der Waals surface area contributed by atoms with E-state index < -0.39 is 14.8 Å². The molecule has 1 rings (SSSR count). The highest BCUT2D eigenvalue weighted by Crippen LogP contribution is 2.19. The average Bonchev–Trinajstić information content (AvgIpc) is 2.17. The summed E-state index contributed by atoms with van der Waals surface area (Å²) < 4.78 is 22.7. The summed E-state index contributed by atoms with van der Waals surface area (Å²) in [6.07, 6.45) is 0.906. The number of pyridine rings is 1. The van der Waals surface area contributed by atoms with Crippen LogP contribution in [0.3, 0.4) is 0 Å². The number of nitrogens with zero attached hydrogens (tertiary/aromatic N) is 2. The van der Waals surface area contributed by atoms with Gasteiger partial charge < -0.3 is 0 Å². The molecule has 7 heteroatoms. The smallest absolute Gasteiger partial charge is 0.258 e. The van der Waals surface area contributed by atoms with E-state index in [0.717, 1.165) is 17.7 Å². The number of rotatable bonds is 3. The third-order valence-corrected chi connectivity index (χ3v) is 3.12. The Hall–Kier alpha value is -1.76. The monoisotopic (exact) mass is 228 g/mol. The highest BCUT2D eigenvalue weighted by molar-refractivity contribution is 7.94. The van der Waals surface area contributed by atoms with Crippen molar-refractivity contribution in [1.29, 1.82) is 0 Å². The van der Waals surface area contributed by atoms with Crippen molar-refractivity contribution >= 4 is 15.5 Å². The second-order valence-corrected chi connectivity index (χ2v) is 4.59. The van der Waals surface area contributed by atoms with Gasteiger partial charge in [-0.1, -0.05) is 6.58 Å². The van der Waals surface area contributed by atoms with Crippen LogP contribution in [0.2, 0.25) is 0 Å². The van der Waals surface area contributed by atoms with Gasteiger partial charge in [0.1, 0.15) is 6.20 Å².